The number of benzene rings is 1. The molecule has 4 fully saturated rings. The molecule has 1 saturated heterocycles. The van der Waals surface area contributed by atoms with Crippen LogP contribution in [0, 0.1) is 28.6 Å². The summed E-state index contributed by atoms with van der Waals surface area (Å²) in [5.41, 5.74) is -6.44. The molecular weight excluding hydrogens is 548 g/mol. The van der Waals surface area contributed by atoms with Gasteiger partial charge in [0, 0.05) is 49.4 Å². The van der Waals surface area contributed by atoms with Crippen molar-refractivity contribution in [2.24, 2.45) is 28.6 Å². The highest BCUT2D eigenvalue weighted by molar-refractivity contribution is 5.90. The summed E-state index contributed by atoms with van der Waals surface area (Å²) in [5.74, 6) is -5.57. The van der Waals surface area contributed by atoms with Crippen molar-refractivity contribution in [3.05, 3.63) is 35.9 Å². The standard InChI is InChI=1S/C31H40O11/c1-15-19(34)13-31(38)26(41-27(37)18-10-8-7-9-11-18)24-29(6,25(36)23(35)22(15)28(31,4)5)20(40-16(2)32)12-21-30(24,14-39-21)42-17(3)33/h7-11,15,20-26,35-36,38H,12-14H2,1-6H3/t15-,20-,21-,22+,23+,24?,25+,26+,29+,30-,31-/m0/s1. The van der Waals surface area contributed by atoms with Gasteiger partial charge in [-0.25, -0.2) is 4.79 Å². The van der Waals surface area contributed by atoms with E-state index < -0.39 is 94.6 Å². The largest absolute Gasteiger partial charge is 0.462 e. The summed E-state index contributed by atoms with van der Waals surface area (Å²) >= 11 is 0. The molecule has 0 amide bonds. The lowest BCUT2D eigenvalue weighted by molar-refractivity contribution is -0.374. The highest BCUT2D eigenvalue weighted by Gasteiger charge is 2.79. The number of hydrogen-bond donors (Lipinski definition) is 3. The molecule has 2 bridgehead atoms. The molecule has 3 saturated carbocycles. The number of ketones is 1. The number of fused-ring (bicyclic) bond motifs is 5. The minimum atomic E-state index is -2.11. The SMILES string of the molecule is CC(=O)O[C@H]1C[C@@H]2OC[C@@]2(OC(C)=O)C2[C@@H](OC(=O)c3ccccc3)[C@@]3(O)CC(=O)[C@H](C)[C@H]([C@@H](O)[C@@H](O)[C@@]21C)C3(C)C. The summed E-state index contributed by atoms with van der Waals surface area (Å²) in [7, 11) is 0. The van der Waals surface area contributed by atoms with Crippen LogP contribution in [-0.2, 0) is 33.3 Å². The molecule has 1 aromatic rings. The molecule has 11 heteroatoms. The van der Waals surface area contributed by atoms with E-state index in [1.165, 1.54) is 26.0 Å². The summed E-state index contributed by atoms with van der Waals surface area (Å²) in [6, 6.07) is 8.09. The summed E-state index contributed by atoms with van der Waals surface area (Å²) in [4.78, 5) is 52.2. The Balaban J connectivity index is 1.81. The Morgan fingerprint density at radius 3 is 2.19 bits per heavy atom. The second-order valence-electron chi connectivity index (χ2n) is 13.3. The van der Waals surface area contributed by atoms with Gasteiger partial charge in [-0.3, -0.25) is 14.4 Å². The number of aliphatic hydroxyl groups excluding tert-OH is 2. The topological polar surface area (TPSA) is 166 Å². The molecule has 0 aromatic heterocycles. The van der Waals surface area contributed by atoms with Gasteiger partial charge in [-0.2, -0.15) is 0 Å². The van der Waals surface area contributed by atoms with E-state index in [9.17, 15) is 34.5 Å². The van der Waals surface area contributed by atoms with Gasteiger partial charge >= 0.3 is 17.9 Å². The van der Waals surface area contributed by atoms with Gasteiger partial charge in [0.05, 0.1) is 30.3 Å². The van der Waals surface area contributed by atoms with Gasteiger partial charge in [-0.05, 0) is 12.1 Å². The number of hydrogen-bond acceptors (Lipinski definition) is 11. The fourth-order valence-corrected chi connectivity index (χ4v) is 8.58. The second kappa shape index (κ2) is 10.1. The van der Waals surface area contributed by atoms with Gasteiger partial charge in [0.2, 0.25) is 0 Å². The van der Waals surface area contributed by atoms with E-state index in [0.29, 0.717) is 0 Å². The van der Waals surface area contributed by atoms with Crippen LogP contribution in [0.4, 0.5) is 0 Å². The maximum Gasteiger partial charge on any atom is 0.338 e. The third-order valence-electron chi connectivity index (χ3n) is 10.8. The lowest BCUT2D eigenvalue weighted by Crippen LogP contribution is -2.83. The van der Waals surface area contributed by atoms with E-state index in [2.05, 4.69) is 0 Å². The fourth-order valence-electron chi connectivity index (χ4n) is 8.58. The molecule has 1 heterocycles. The predicted molar refractivity (Wildman–Crippen MR) is 145 cm³/mol. The zero-order chi connectivity index (χ0) is 31.0. The number of carbonyl (C=O) groups is 4. The Labute approximate surface area is 244 Å². The summed E-state index contributed by atoms with van der Waals surface area (Å²) in [6.45, 7) is 8.79. The van der Waals surface area contributed by atoms with Crippen LogP contribution in [0.1, 0.15) is 64.7 Å². The number of carbonyl (C=O) groups excluding carboxylic acids is 4. The Hall–Kier alpha value is -2.86. The molecule has 1 unspecified atom stereocenters. The van der Waals surface area contributed by atoms with Gasteiger partial charge < -0.3 is 34.3 Å². The molecule has 11 atom stereocenters. The van der Waals surface area contributed by atoms with Crippen LogP contribution >= 0.6 is 0 Å². The Morgan fingerprint density at radius 1 is 1.00 bits per heavy atom. The lowest BCUT2D eigenvalue weighted by atomic mass is 9.42. The number of Topliss-reactive ketones (excluding diaryl/α,β-unsaturated/α-hetero) is 1. The number of aliphatic hydroxyl groups is 3. The fraction of sp³-hybridized carbons (Fsp3) is 0.677. The van der Waals surface area contributed by atoms with Gasteiger partial charge in [0.25, 0.3) is 0 Å². The van der Waals surface area contributed by atoms with Crippen molar-refractivity contribution in [3.8, 4) is 0 Å². The monoisotopic (exact) mass is 588 g/mol. The average molecular weight is 589 g/mol. The van der Waals surface area contributed by atoms with Crippen LogP contribution in [0.15, 0.2) is 30.3 Å². The quantitative estimate of drug-likeness (QED) is 0.345. The van der Waals surface area contributed by atoms with E-state index in [-0.39, 0.29) is 24.4 Å². The van der Waals surface area contributed by atoms with E-state index >= 15 is 0 Å². The molecule has 0 radical (unpaired) electrons. The maximum absolute atomic E-state index is 13.7. The summed E-state index contributed by atoms with van der Waals surface area (Å²) in [6.07, 6.45) is -7.20. The number of esters is 3. The van der Waals surface area contributed by atoms with Crippen molar-refractivity contribution in [3.63, 3.8) is 0 Å². The predicted octanol–water partition coefficient (Wildman–Crippen LogP) is 1.59. The molecular formula is C31H40O11. The van der Waals surface area contributed by atoms with Crippen LogP contribution in [-0.4, -0.2) is 87.3 Å². The zero-order valence-corrected chi connectivity index (χ0v) is 24.7. The minimum Gasteiger partial charge on any atom is -0.462 e. The Bertz CT molecular complexity index is 1280. The first kappa shape index (κ1) is 30.6. The van der Waals surface area contributed by atoms with Crippen LogP contribution < -0.4 is 0 Å². The third-order valence-corrected chi connectivity index (χ3v) is 10.8. The zero-order valence-electron chi connectivity index (χ0n) is 24.7. The third kappa shape index (κ3) is 4.15. The number of rotatable bonds is 4. The summed E-state index contributed by atoms with van der Waals surface area (Å²) < 4.78 is 23.8. The highest BCUT2D eigenvalue weighted by Crippen LogP contribution is 2.65. The molecule has 0 spiro atoms. The van der Waals surface area contributed by atoms with E-state index in [4.69, 9.17) is 18.9 Å². The van der Waals surface area contributed by atoms with Crippen molar-refractivity contribution < 1.29 is 53.4 Å². The van der Waals surface area contributed by atoms with Crippen molar-refractivity contribution in [2.75, 3.05) is 6.61 Å². The maximum atomic E-state index is 13.7. The van der Waals surface area contributed by atoms with Gasteiger partial charge in [0.1, 0.15) is 29.7 Å². The van der Waals surface area contributed by atoms with Crippen LogP contribution in [0.5, 0.6) is 0 Å². The van der Waals surface area contributed by atoms with Gasteiger partial charge in [-0.1, -0.05) is 45.9 Å². The van der Waals surface area contributed by atoms with Crippen LogP contribution in [0.3, 0.4) is 0 Å². The van der Waals surface area contributed by atoms with Gasteiger partial charge in [-0.15, -0.1) is 0 Å². The number of ether oxygens (including phenoxy) is 4. The Kier molecular flexibility index (Phi) is 7.36. The molecule has 11 nitrogen and oxygen atoms in total. The molecule has 42 heavy (non-hydrogen) atoms. The Morgan fingerprint density at radius 2 is 1.64 bits per heavy atom. The lowest BCUT2D eigenvalue weighted by Gasteiger charge is -2.69. The van der Waals surface area contributed by atoms with Crippen molar-refractivity contribution in [1.29, 1.82) is 0 Å². The highest BCUT2D eigenvalue weighted by atomic mass is 16.6. The van der Waals surface area contributed by atoms with Crippen LogP contribution in [0.25, 0.3) is 0 Å². The van der Waals surface area contributed by atoms with Gasteiger partial charge in [0.15, 0.2) is 5.60 Å². The smallest absolute Gasteiger partial charge is 0.338 e. The van der Waals surface area contributed by atoms with E-state index in [1.54, 1.807) is 45.9 Å². The molecule has 4 aliphatic rings. The van der Waals surface area contributed by atoms with E-state index in [1.807, 2.05) is 0 Å². The average Bonchev–Trinajstić information content (AvgIpc) is 2.90. The first-order valence-electron chi connectivity index (χ1n) is 14.4. The molecule has 1 aromatic carbocycles. The molecule has 3 N–H and O–H groups in total. The molecule has 1 aliphatic heterocycles. The van der Waals surface area contributed by atoms with Crippen LogP contribution in [0.2, 0.25) is 0 Å². The first-order valence-corrected chi connectivity index (χ1v) is 14.4. The first-order chi connectivity index (χ1) is 19.5. The second-order valence-corrected chi connectivity index (χ2v) is 13.3. The van der Waals surface area contributed by atoms with Crippen molar-refractivity contribution in [1.82, 2.24) is 0 Å². The minimum absolute atomic E-state index is 0.00393. The van der Waals surface area contributed by atoms with Crippen molar-refractivity contribution >= 4 is 23.7 Å². The molecule has 230 valence electrons. The summed E-state index contributed by atoms with van der Waals surface area (Å²) in [5, 5.41) is 36.8. The normalized spacial score (nSPS) is 43.8. The molecule has 3 aliphatic carbocycles. The molecule has 5 rings (SSSR count). The van der Waals surface area contributed by atoms with Crippen molar-refractivity contribution in [2.45, 2.75) is 96.1 Å². The van der Waals surface area contributed by atoms with E-state index in [0.717, 1.165) is 0 Å².